The molecule has 0 bridgehead atoms. The molecule has 1 aliphatic rings. The third-order valence-corrected chi connectivity index (χ3v) is 4.60. The van der Waals surface area contributed by atoms with Crippen molar-refractivity contribution in [1.82, 2.24) is 9.88 Å². The van der Waals surface area contributed by atoms with Crippen LogP contribution in [0.4, 0.5) is 0 Å². The lowest BCUT2D eigenvalue weighted by molar-refractivity contribution is 0.0752. The number of pyridine rings is 1. The Morgan fingerprint density at radius 3 is 2.89 bits per heavy atom. The molecule has 1 unspecified atom stereocenters. The molecule has 4 heteroatoms. The molecule has 1 saturated heterocycles. The van der Waals surface area contributed by atoms with Crippen LogP contribution < -0.4 is 0 Å². The number of carbonyl (C=O) groups excluding carboxylic acids is 1. The standard InChI is InChI=1S/C15H21BrN2O/c1-11(2)12-5-4-9-18(10-7-12)15(19)14-13(16)6-3-8-17-14/h3,6,8,11-12H,4-5,7,9-10H2,1-2H3. The predicted octanol–water partition coefficient (Wildman–Crippen LogP) is 3.74. The van der Waals surface area contributed by atoms with Crippen molar-refractivity contribution in [2.75, 3.05) is 13.1 Å². The number of halogens is 1. The van der Waals surface area contributed by atoms with Crippen LogP contribution in [0.2, 0.25) is 0 Å². The highest BCUT2D eigenvalue weighted by molar-refractivity contribution is 9.10. The number of carbonyl (C=O) groups is 1. The van der Waals surface area contributed by atoms with Crippen LogP contribution in [-0.4, -0.2) is 28.9 Å². The largest absolute Gasteiger partial charge is 0.337 e. The van der Waals surface area contributed by atoms with Gasteiger partial charge < -0.3 is 4.90 Å². The normalized spacial score (nSPS) is 20.4. The summed E-state index contributed by atoms with van der Waals surface area (Å²) in [6, 6.07) is 3.70. The van der Waals surface area contributed by atoms with Crippen molar-refractivity contribution in [3.8, 4) is 0 Å². The number of aromatic nitrogens is 1. The average Bonchev–Trinajstić information content (AvgIpc) is 2.64. The van der Waals surface area contributed by atoms with Crippen LogP contribution >= 0.6 is 15.9 Å². The number of rotatable bonds is 2. The molecular weight excluding hydrogens is 304 g/mol. The van der Waals surface area contributed by atoms with Gasteiger partial charge in [-0.3, -0.25) is 4.79 Å². The fourth-order valence-corrected chi connectivity index (χ4v) is 3.11. The number of hydrogen-bond acceptors (Lipinski definition) is 2. The first kappa shape index (κ1) is 14.5. The van der Waals surface area contributed by atoms with Gasteiger partial charge in [0.2, 0.25) is 0 Å². The van der Waals surface area contributed by atoms with Crippen LogP contribution in [0.25, 0.3) is 0 Å². The highest BCUT2D eigenvalue weighted by Gasteiger charge is 2.24. The molecule has 0 N–H and O–H groups in total. The number of nitrogens with zero attached hydrogens (tertiary/aromatic N) is 2. The maximum absolute atomic E-state index is 12.5. The highest BCUT2D eigenvalue weighted by atomic mass is 79.9. The predicted molar refractivity (Wildman–Crippen MR) is 80.0 cm³/mol. The van der Waals surface area contributed by atoms with Gasteiger partial charge in [0, 0.05) is 23.8 Å². The minimum atomic E-state index is 0.0527. The van der Waals surface area contributed by atoms with Crippen LogP contribution in [-0.2, 0) is 0 Å². The topological polar surface area (TPSA) is 33.2 Å². The van der Waals surface area contributed by atoms with E-state index in [2.05, 4.69) is 34.8 Å². The zero-order chi connectivity index (χ0) is 13.8. The molecule has 19 heavy (non-hydrogen) atoms. The molecule has 0 aliphatic carbocycles. The van der Waals surface area contributed by atoms with Crippen molar-refractivity contribution in [3.05, 3.63) is 28.5 Å². The van der Waals surface area contributed by atoms with Crippen LogP contribution in [0.5, 0.6) is 0 Å². The van der Waals surface area contributed by atoms with E-state index in [-0.39, 0.29) is 5.91 Å². The third-order valence-electron chi connectivity index (χ3n) is 3.96. The van der Waals surface area contributed by atoms with E-state index in [1.807, 2.05) is 17.0 Å². The first-order chi connectivity index (χ1) is 9.09. The Morgan fingerprint density at radius 2 is 2.21 bits per heavy atom. The molecule has 1 aromatic heterocycles. The average molecular weight is 325 g/mol. The summed E-state index contributed by atoms with van der Waals surface area (Å²) in [4.78, 5) is 18.6. The summed E-state index contributed by atoms with van der Waals surface area (Å²) >= 11 is 3.41. The van der Waals surface area contributed by atoms with Gasteiger partial charge in [-0.15, -0.1) is 0 Å². The van der Waals surface area contributed by atoms with E-state index in [1.54, 1.807) is 6.20 Å². The molecule has 3 nitrogen and oxygen atoms in total. The Hall–Kier alpha value is -0.900. The zero-order valence-electron chi connectivity index (χ0n) is 11.6. The van der Waals surface area contributed by atoms with Crippen molar-refractivity contribution in [2.45, 2.75) is 33.1 Å². The second-order valence-corrected chi connectivity index (χ2v) is 6.42. The lowest BCUT2D eigenvalue weighted by Crippen LogP contribution is -2.33. The lowest BCUT2D eigenvalue weighted by Gasteiger charge is -2.21. The van der Waals surface area contributed by atoms with Gasteiger partial charge in [-0.25, -0.2) is 4.98 Å². The molecule has 1 amide bonds. The van der Waals surface area contributed by atoms with Crippen LogP contribution in [0.3, 0.4) is 0 Å². The molecule has 1 fully saturated rings. The van der Waals surface area contributed by atoms with Crippen molar-refractivity contribution < 1.29 is 4.79 Å². The fourth-order valence-electron chi connectivity index (χ4n) is 2.68. The van der Waals surface area contributed by atoms with Crippen molar-refractivity contribution in [3.63, 3.8) is 0 Å². The minimum absolute atomic E-state index is 0.0527. The second kappa shape index (κ2) is 6.51. The summed E-state index contributed by atoms with van der Waals surface area (Å²) in [5.41, 5.74) is 0.533. The van der Waals surface area contributed by atoms with Crippen molar-refractivity contribution in [1.29, 1.82) is 0 Å². The second-order valence-electron chi connectivity index (χ2n) is 5.56. The monoisotopic (exact) mass is 324 g/mol. The summed E-state index contributed by atoms with van der Waals surface area (Å²) in [7, 11) is 0. The molecule has 0 aromatic carbocycles. The van der Waals surface area contributed by atoms with E-state index in [4.69, 9.17) is 0 Å². The smallest absolute Gasteiger partial charge is 0.273 e. The fraction of sp³-hybridized carbons (Fsp3) is 0.600. The molecule has 0 spiro atoms. The Balaban J connectivity index is 2.06. The van der Waals surface area contributed by atoms with E-state index < -0.39 is 0 Å². The summed E-state index contributed by atoms with van der Waals surface area (Å²) in [6.07, 6.45) is 5.10. The Morgan fingerprint density at radius 1 is 1.42 bits per heavy atom. The summed E-state index contributed by atoms with van der Waals surface area (Å²) in [5.74, 6) is 1.50. The Bertz CT molecular complexity index is 448. The zero-order valence-corrected chi connectivity index (χ0v) is 13.2. The molecule has 1 aliphatic heterocycles. The van der Waals surface area contributed by atoms with E-state index in [0.29, 0.717) is 11.6 Å². The van der Waals surface area contributed by atoms with Crippen LogP contribution in [0.15, 0.2) is 22.8 Å². The molecule has 1 atom stereocenters. The van der Waals surface area contributed by atoms with Gasteiger partial charge in [-0.1, -0.05) is 13.8 Å². The third kappa shape index (κ3) is 3.56. The van der Waals surface area contributed by atoms with Crippen molar-refractivity contribution >= 4 is 21.8 Å². The first-order valence-corrected chi connectivity index (χ1v) is 7.78. The number of likely N-dealkylation sites (tertiary alicyclic amines) is 1. The van der Waals surface area contributed by atoms with Gasteiger partial charge >= 0.3 is 0 Å². The van der Waals surface area contributed by atoms with Gasteiger partial charge in [0.15, 0.2) is 0 Å². The quantitative estimate of drug-likeness (QED) is 0.830. The van der Waals surface area contributed by atoms with Crippen LogP contribution in [0, 0.1) is 11.8 Å². The van der Waals surface area contributed by atoms with Crippen LogP contribution in [0.1, 0.15) is 43.6 Å². The van der Waals surface area contributed by atoms with Gasteiger partial charge in [0.25, 0.3) is 5.91 Å². The molecule has 2 rings (SSSR count). The molecule has 0 radical (unpaired) electrons. The van der Waals surface area contributed by atoms with E-state index in [9.17, 15) is 4.79 Å². The molecule has 104 valence electrons. The minimum Gasteiger partial charge on any atom is -0.337 e. The van der Waals surface area contributed by atoms with Gasteiger partial charge in [0.1, 0.15) is 5.69 Å². The SMILES string of the molecule is CC(C)C1CCCN(C(=O)c2ncccc2Br)CC1. The Kier molecular flexibility index (Phi) is 4.97. The van der Waals surface area contributed by atoms with Gasteiger partial charge in [0.05, 0.1) is 0 Å². The first-order valence-electron chi connectivity index (χ1n) is 6.99. The van der Waals surface area contributed by atoms with Gasteiger partial charge in [-0.2, -0.15) is 0 Å². The van der Waals surface area contributed by atoms with Crippen molar-refractivity contribution in [2.24, 2.45) is 11.8 Å². The lowest BCUT2D eigenvalue weighted by atomic mass is 9.89. The highest BCUT2D eigenvalue weighted by Crippen LogP contribution is 2.25. The summed E-state index contributed by atoms with van der Waals surface area (Å²) < 4.78 is 0.782. The molecule has 0 saturated carbocycles. The summed E-state index contributed by atoms with van der Waals surface area (Å²) in [5, 5.41) is 0. The molecular formula is C15H21BrN2O. The van der Waals surface area contributed by atoms with E-state index >= 15 is 0 Å². The van der Waals surface area contributed by atoms with Gasteiger partial charge in [-0.05, 0) is 59.2 Å². The van der Waals surface area contributed by atoms with E-state index in [1.165, 1.54) is 6.42 Å². The summed E-state index contributed by atoms with van der Waals surface area (Å²) in [6.45, 7) is 6.25. The molecule has 2 heterocycles. The Labute approximate surface area is 123 Å². The van der Waals surface area contributed by atoms with E-state index in [0.717, 1.165) is 36.3 Å². The number of amides is 1. The maximum atomic E-state index is 12.5. The number of hydrogen-bond donors (Lipinski definition) is 0. The molecule has 1 aromatic rings. The maximum Gasteiger partial charge on any atom is 0.273 e.